The van der Waals surface area contributed by atoms with Crippen molar-refractivity contribution in [3.8, 4) is 10.6 Å². The Hall–Kier alpha value is -2.96. The fourth-order valence-corrected chi connectivity index (χ4v) is 4.15. The lowest BCUT2D eigenvalue weighted by molar-refractivity contribution is 0.0954. The normalized spacial score (nSPS) is 10.8. The topological polar surface area (TPSA) is 59.8 Å². The Labute approximate surface area is 178 Å². The predicted octanol–water partition coefficient (Wildman–Crippen LogP) is 4.95. The van der Waals surface area contributed by atoms with Crippen LogP contribution in [-0.2, 0) is 13.1 Å². The fraction of sp³-hybridized carbons (Fsp3) is 0.136. The van der Waals surface area contributed by atoms with Crippen LogP contribution < -0.4 is 5.32 Å². The monoisotopic (exact) mass is 422 g/mol. The summed E-state index contributed by atoms with van der Waals surface area (Å²) in [5, 5.41) is 8.77. The van der Waals surface area contributed by atoms with E-state index < -0.39 is 0 Å². The molecule has 5 nitrogen and oxygen atoms in total. The van der Waals surface area contributed by atoms with Gasteiger partial charge in [-0.3, -0.25) is 9.48 Å². The van der Waals surface area contributed by atoms with Crippen LogP contribution in [0, 0.1) is 6.92 Å². The van der Waals surface area contributed by atoms with Gasteiger partial charge < -0.3 is 5.32 Å². The Bertz CT molecular complexity index is 1120. The molecule has 1 N–H and O–H groups in total. The number of halogens is 1. The Kier molecular flexibility index (Phi) is 5.74. The molecule has 0 spiro atoms. The lowest BCUT2D eigenvalue weighted by Crippen LogP contribution is -2.23. The van der Waals surface area contributed by atoms with Crippen molar-refractivity contribution in [3.05, 3.63) is 93.7 Å². The molecule has 146 valence electrons. The summed E-state index contributed by atoms with van der Waals surface area (Å²) < 4.78 is 1.87. The van der Waals surface area contributed by atoms with E-state index >= 15 is 0 Å². The van der Waals surface area contributed by atoms with Gasteiger partial charge in [0.25, 0.3) is 5.91 Å². The van der Waals surface area contributed by atoms with E-state index in [2.05, 4.69) is 21.5 Å². The number of hydrogen-bond acceptors (Lipinski definition) is 4. The zero-order chi connectivity index (χ0) is 20.2. The molecular formula is C22H19ClN4OS. The Balaban J connectivity index is 1.47. The SMILES string of the molecule is Cc1nc(-c2ccc(Cl)cc2)sc1C(=O)NCc1ccccc1Cn1cccn1. The van der Waals surface area contributed by atoms with E-state index in [1.807, 2.05) is 66.3 Å². The molecule has 0 unspecified atom stereocenters. The molecule has 1 amide bonds. The molecule has 0 aliphatic rings. The zero-order valence-electron chi connectivity index (χ0n) is 15.8. The largest absolute Gasteiger partial charge is 0.347 e. The molecule has 0 bridgehead atoms. The lowest BCUT2D eigenvalue weighted by Gasteiger charge is -2.10. The summed E-state index contributed by atoms with van der Waals surface area (Å²) in [4.78, 5) is 18.0. The molecule has 29 heavy (non-hydrogen) atoms. The quantitative estimate of drug-likeness (QED) is 0.478. The number of thiazole rings is 1. The van der Waals surface area contributed by atoms with Crippen LogP contribution in [0.1, 0.15) is 26.5 Å². The van der Waals surface area contributed by atoms with Crippen LogP contribution in [0.25, 0.3) is 10.6 Å². The number of hydrogen-bond donors (Lipinski definition) is 1. The standard InChI is InChI=1S/C22H19ClN4OS/c1-15-20(29-22(26-15)16-7-9-19(23)10-8-16)21(28)24-13-17-5-2-3-6-18(17)14-27-12-4-11-25-27/h2-12H,13-14H2,1H3,(H,24,28). The first-order chi connectivity index (χ1) is 14.1. The highest BCUT2D eigenvalue weighted by atomic mass is 35.5. The van der Waals surface area contributed by atoms with Crippen LogP contribution in [0.5, 0.6) is 0 Å². The molecule has 0 fully saturated rings. The van der Waals surface area contributed by atoms with E-state index in [1.165, 1.54) is 11.3 Å². The number of carbonyl (C=O) groups excluding carboxylic acids is 1. The van der Waals surface area contributed by atoms with Gasteiger partial charge in [0.2, 0.25) is 0 Å². The number of carbonyl (C=O) groups is 1. The molecular weight excluding hydrogens is 404 g/mol. The zero-order valence-corrected chi connectivity index (χ0v) is 17.4. The van der Waals surface area contributed by atoms with Crippen molar-refractivity contribution >= 4 is 28.8 Å². The first-order valence-electron chi connectivity index (χ1n) is 9.16. The summed E-state index contributed by atoms with van der Waals surface area (Å²) >= 11 is 7.35. The van der Waals surface area contributed by atoms with Crippen LogP contribution in [0.15, 0.2) is 67.0 Å². The summed E-state index contributed by atoms with van der Waals surface area (Å²) in [6, 6.07) is 17.4. The molecule has 0 radical (unpaired) electrons. The van der Waals surface area contributed by atoms with Crippen LogP contribution >= 0.6 is 22.9 Å². The van der Waals surface area contributed by atoms with Crippen LogP contribution in [0.3, 0.4) is 0 Å². The second kappa shape index (κ2) is 8.59. The van der Waals surface area contributed by atoms with Crippen LogP contribution in [0.2, 0.25) is 5.02 Å². The number of rotatable bonds is 6. The second-order valence-electron chi connectivity index (χ2n) is 6.60. The van der Waals surface area contributed by atoms with Crippen LogP contribution in [0.4, 0.5) is 0 Å². The van der Waals surface area contributed by atoms with E-state index in [0.29, 0.717) is 23.0 Å². The Morgan fingerprint density at radius 2 is 1.86 bits per heavy atom. The number of nitrogens with one attached hydrogen (secondary N) is 1. The number of aromatic nitrogens is 3. The predicted molar refractivity (Wildman–Crippen MR) is 116 cm³/mol. The number of amides is 1. The summed E-state index contributed by atoms with van der Waals surface area (Å²) in [7, 11) is 0. The molecule has 4 rings (SSSR count). The van der Waals surface area contributed by atoms with Gasteiger partial charge in [0.1, 0.15) is 9.88 Å². The maximum Gasteiger partial charge on any atom is 0.263 e. The van der Waals surface area contributed by atoms with Crippen LogP contribution in [-0.4, -0.2) is 20.7 Å². The smallest absolute Gasteiger partial charge is 0.263 e. The second-order valence-corrected chi connectivity index (χ2v) is 8.03. The molecule has 0 saturated heterocycles. The van der Waals surface area contributed by atoms with E-state index in [9.17, 15) is 4.79 Å². The van der Waals surface area contributed by atoms with Gasteiger partial charge in [-0.15, -0.1) is 11.3 Å². The molecule has 0 saturated carbocycles. The van der Waals surface area contributed by atoms with Gasteiger partial charge in [0.15, 0.2) is 0 Å². The van der Waals surface area contributed by atoms with Crippen molar-refractivity contribution in [3.63, 3.8) is 0 Å². The van der Waals surface area contributed by atoms with Crippen molar-refractivity contribution in [1.29, 1.82) is 0 Å². The lowest BCUT2D eigenvalue weighted by atomic mass is 10.1. The first kappa shape index (κ1) is 19.4. The minimum absolute atomic E-state index is 0.117. The fourth-order valence-electron chi connectivity index (χ4n) is 3.03. The van der Waals surface area contributed by atoms with Gasteiger partial charge in [-0.2, -0.15) is 5.10 Å². The number of nitrogens with zero attached hydrogens (tertiary/aromatic N) is 3. The Morgan fingerprint density at radius 3 is 2.59 bits per heavy atom. The minimum Gasteiger partial charge on any atom is -0.347 e. The van der Waals surface area contributed by atoms with Gasteiger partial charge in [0, 0.05) is 29.5 Å². The van der Waals surface area contributed by atoms with E-state index in [0.717, 1.165) is 27.4 Å². The van der Waals surface area contributed by atoms with E-state index in [4.69, 9.17) is 11.6 Å². The van der Waals surface area contributed by atoms with E-state index in [-0.39, 0.29) is 5.91 Å². The van der Waals surface area contributed by atoms with Crippen molar-refractivity contribution in [2.24, 2.45) is 0 Å². The van der Waals surface area contributed by atoms with Gasteiger partial charge >= 0.3 is 0 Å². The molecule has 2 aromatic carbocycles. The molecule has 2 heterocycles. The highest BCUT2D eigenvalue weighted by Crippen LogP contribution is 2.28. The first-order valence-corrected chi connectivity index (χ1v) is 10.4. The molecule has 0 aliphatic heterocycles. The molecule has 0 aliphatic carbocycles. The van der Waals surface area contributed by atoms with Gasteiger partial charge in [-0.05, 0) is 36.2 Å². The maximum atomic E-state index is 12.8. The van der Waals surface area contributed by atoms with Gasteiger partial charge in [-0.1, -0.05) is 48.0 Å². The van der Waals surface area contributed by atoms with Crippen molar-refractivity contribution in [2.75, 3.05) is 0 Å². The highest BCUT2D eigenvalue weighted by Gasteiger charge is 2.16. The molecule has 2 aromatic heterocycles. The van der Waals surface area contributed by atoms with E-state index in [1.54, 1.807) is 6.20 Å². The molecule has 4 aromatic rings. The number of benzene rings is 2. The summed E-state index contributed by atoms with van der Waals surface area (Å²) in [6.07, 6.45) is 3.68. The molecule has 7 heteroatoms. The maximum absolute atomic E-state index is 12.8. The summed E-state index contributed by atoms with van der Waals surface area (Å²) in [6.45, 7) is 2.97. The van der Waals surface area contributed by atoms with Gasteiger partial charge in [0.05, 0.1) is 12.2 Å². The Morgan fingerprint density at radius 1 is 1.10 bits per heavy atom. The minimum atomic E-state index is -0.117. The van der Waals surface area contributed by atoms with Crippen molar-refractivity contribution in [2.45, 2.75) is 20.0 Å². The van der Waals surface area contributed by atoms with Crippen molar-refractivity contribution in [1.82, 2.24) is 20.1 Å². The third-order valence-electron chi connectivity index (χ3n) is 4.54. The van der Waals surface area contributed by atoms with Crippen molar-refractivity contribution < 1.29 is 4.79 Å². The molecule has 0 atom stereocenters. The average Bonchev–Trinajstić information content (AvgIpc) is 3.37. The third-order valence-corrected chi connectivity index (χ3v) is 6.00. The third kappa shape index (κ3) is 4.55. The highest BCUT2D eigenvalue weighted by molar-refractivity contribution is 7.17. The number of aryl methyl sites for hydroxylation is 1. The summed E-state index contributed by atoms with van der Waals surface area (Å²) in [5.41, 5.74) is 3.87. The van der Waals surface area contributed by atoms with Gasteiger partial charge in [-0.25, -0.2) is 4.98 Å². The summed E-state index contributed by atoms with van der Waals surface area (Å²) in [5.74, 6) is -0.117. The average molecular weight is 423 g/mol.